The number of hydrogen-bond acceptors (Lipinski definition) is 5. The third kappa shape index (κ3) is 3.86. The zero-order valence-electron chi connectivity index (χ0n) is 15.6. The lowest BCUT2D eigenvalue weighted by Crippen LogP contribution is -2.20. The SMILES string of the molecule is Cc1cn2c(C=CC(=O)NCc3cc(Cl)c4c(c3)OCCCO4)c(C)nc2s1. The topological polar surface area (TPSA) is 64.9 Å². The summed E-state index contributed by atoms with van der Waals surface area (Å²) in [6, 6.07) is 3.65. The molecule has 0 atom stereocenters. The molecule has 8 heteroatoms. The van der Waals surface area contributed by atoms with Crippen LogP contribution in [-0.4, -0.2) is 28.5 Å². The molecule has 0 bridgehead atoms. The van der Waals surface area contributed by atoms with Gasteiger partial charge in [0.05, 0.1) is 29.6 Å². The average molecular weight is 418 g/mol. The van der Waals surface area contributed by atoms with Crippen LogP contribution in [0, 0.1) is 13.8 Å². The number of nitrogens with one attached hydrogen (secondary N) is 1. The molecule has 146 valence electrons. The van der Waals surface area contributed by atoms with Crippen molar-refractivity contribution in [2.45, 2.75) is 26.8 Å². The zero-order chi connectivity index (χ0) is 19.7. The number of carbonyl (C=O) groups is 1. The molecular formula is C20H20ClN3O3S. The Balaban J connectivity index is 1.44. The maximum absolute atomic E-state index is 12.3. The van der Waals surface area contributed by atoms with E-state index in [1.807, 2.05) is 30.5 Å². The van der Waals surface area contributed by atoms with E-state index >= 15 is 0 Å². The fraction of sp³-hybridized carbons (Fsp3) is 0.300. The van der Waals surface area contributed by atoms with E-state index in [1.165, 1.54) is 11.0 Å². The van der Waals surface area contributed by atoms with E-state index in [9.17, 15) is 4.79 Å². The van der Waals surface area contributed by atoms with Crippen molar-refractivity contribution >= 4 is 39.9 Å². The van der Waals surface area contributed by atoms with Gasteiger partial charge in [-0.1, -0.05) is 11.6 Å². The third-order valence-corrected chi connectivity index (χ3v) is 5.56. The van der Waals surface area contributed by atoms with Crippen LogP contribution >= 0.6 is 22.9 Å². The predicted octanol–water partition coefficient (Wildman–Crippen LogP) is 4.16. The number of fused-ring (bicyclic) bond motifs is 2. The Bertz CT molecular complexity index is 1070. The van der Waals surface area contributed by atoms with E-state index in [2.05, 4.69) is 10.3 Å². The van der Waals surface area contributed by atoms with Crippen molar-refractivity contribution in [3.8, 4) is 11.5 Å². The van der Waals surface area contributed by atoms with Gasteiger partial charge in [-0.3, -0.25) is 9.20 Å². The molecule has 0 radical (unpaired) electrons. The minimum absolute atomic E-state index is 0.190. The Morgan fingerprint density at radius 2 is 2.18 bits per heavy atom. The van der Waals surface area contributed by atoms with Crippen molar-refractivity contribution in [1.82, 2.24) is 14.7 Å². The number of carbonyl (C=O) groups excluding carboxylic acids is 1. The van der Waals surface area contributed by atoms with Gasteiger partial charge in [0.2, 0.25) is 5.91 Å². The van der Waals surface area contributed by atoms with Crippen LogP contribution < -0.4 is 14.8 Å². The monoisotopic (exact) mass is 417 g/mol. The first-order chi connectivity index (χ1) is 13.5. The van der Waals surface area contributed by atoms with Gasteiger partial charge in [0, 0.05) is 30.1 Å². The summed E-state index contributed by atoms with van der Waals surface area (Å²) >= 11 is 7.92. The number of halogens is 1. The Morgan fingerprint density at radius 1 is 1.36 bits per heavy atom. The summed E-state index contributed by atoms with van der Waals surface area (Å²) in [4.78, 5) is 18.9. The number of rotatable bonds is 4. The number of ether oxygens (including phenoxy) is 2. The number of hydrogen-bond donors (Lipinski definition) is 1. The second-order valence-electron chi connectivity index (χ2n) is 6.58. The summed E-state index contributed by atoms with van der Waals surface area (Å²) in [6.45, 7) is 5.49. The molecule has 4 rings (SSSR count). The average Bonchev–Trinajstić information content (AvgIpc) is 3.02. The van der Waals surface area contributed by atoms with Crippen molar-refractivity contribution in [3.63, 3.8) is 0 Å². The Labute approximate surface area is 171 Å². The molecule has 1 amide bonds. The van der Waals surface area contributed by atoms with E-state index in [-0.39, 0.29) is 5.91 Å². The molecule has 1 aromatic carbocycles. The van der Waals surface area contributed by atoms with Crippen LogP contribution in [0.5, 0.6) is 11.5 Å². The highest BCUT2D eigenvalue weighted by molar-refractivity contribution is 7.17. The minimum Gasteiger partial charge on any atom is -0.489 e. The van der Waals surface area contributed by atoms with Crippen molar-refractivity contribution < 1.29 is 14.3 Å². The number of amides is 1. The number of imidazole rings is 1. The molecule has 0 saturated heterocycles. The fourth-order valence-corrected chi connectivity index (χ4v) is 4.24. The molecule has 3 heterocycles. The minimum atomic E-state index is -0.190. The van der Waals surface area contributed by atoms with Crippen LogP contribution in [0.4, 0.5) is 0 Å². The Hall–Kier alpha value is -2.51. The van der Waals surface area contributed by atoms with Crippen LogP contribution in [0.2, 0.25) is 5.02 Å². The van der Waals surface area contributed by atoms with Gasteiger partial charge < -0.3 is 14.8 Å². The van der Waals surface area contributed by atoms with Gasteiger partial charge in [-0.15, -0.1) is 11.3 Å². The first-order valence-corrected chi connectivity index (χ1v) is 10.2. The highest BCUT2D eigenvalue weighted by Crippen LogP contribution is 2.37. The van der Waals surface area contributed by atoms with Gasteiger partial charge >= 0.3 is 0 Å². The van der Waals surface area contributed by atoms with Gasteiger partial charge in [0.15, 0.2) is 16.5 Å². The molecule has 0 saturated carbocycles. The molecule has 2 aromatic heterocycles. The second-order valence-corrected chi connectivity index (χ2v) is 8.20. The highest BCUT2D eigenvalue weighted by Gasteiger charge is 2.16. The van der Waals surface area contributed by atoms with E-state index in [4.69, 9.17) is 21.1 Å². The van der Waals surface area contributed by atoms with E-state index in [0.717, 1.165) is 28.3 Å². The number of thiazole rings is 1. The molecular weight excluding hydrogens is 398 g/mol. The lowest BCUT2D eigenvalue weighted by atomic mass is 10.2. The van der Waals surface area contributed by atoms with Crippen molar-refractivity contribution in [3.05, 3.63) is 51.3 Å². The van der Waals surface area contributed by atoms with Crippen molar-refractivity contribution in [2.24, 2.45) is 0 Å². The van der Waals surface area contributed by atoms with Gasteiger partial charge in [0.1, 0.15) is 0 Å². The maximum Gasteiger partial charge on any atom is 0.244 e. The highest BCUT2D eigenvalue weighted by atomic mass is 35.5. The lowest BCUT2D eigenvalue weighted by Gasteiger charge is -2.11. The number of aryl methyl sites for hydroxylation is 2. The van der Waals surface area contributed by atoms with Crippen LogP contribution in [0.1, 0.15) is 28.2 Å². The van der Waals surface area contributed by atoms with Gasteiger partial charge in [-0.25, -0.2) is 4.98 Å². The lowest BCUT2D eigenvalue weighted by molar-refractivity contribution is -0.116. The van der Waals surface area contributed by atoms with Crippen LogP contribution in [0.3, 0.4) is 0 Å². The summed E-state index contributed by atoms with van der Waals surface area (Å²) in [7, 11) is 0. The van der Waals surface area contributed by atoms with Gasteiger partial charge in [-0.05, 0) is 37.6 Å². The molecule has 3 aromatic rings. The van der Waals surface area contributed by atoms with Crippen LogP contribution in [0.15, 0.2) is 24.4 Å². The Kier molecular flexibility index (Phi) is 5.28. The first kappa shape index (κ1) is 18.8. The summed E-state index contributed by atoms with van der Waals surface area (Å²) in [5.74, 6) is 1.000. The quantitative estimate of drug-likeness (QED) is 0.647. The molecule has 0 unspecified atom stereocenters. The molecule has 6 nitrogen and oxygen atoms in total. The van der Waals surface area contributed by atoms with Gasteiger partial charge in [-0.2, -0.15) is 0 Å². The summed E-state index contributed by atoms with van der Waals surface area (Å²) < 4.78 is 13.3. The predicted molar refractivity (Wildman–Crippen MR) is 110 cm³/mol. The molecule has 28 heavy (non-hydrogen) atoms. The smallest absolute Gasteiger partial charge is 0.244 e. The van der Waals surface area contributed by atoms with Crippen LogP contribution in [-0.2, 0) is 11.3 Å². The molecule has 0 fully saturated rings. The number of benzene rings is 1. The largest absolute Gasteiger partial charge is 0.489 e. The van der Waals surface area contributed by atoms with Crippen molar-refractivity contribution in [1.29, 1.82) is 0 Å². The van der Waals surface area contributed by atoms with E-state index in [0.29, 0.717) is 36.3 Å². The number of nitrogens with zero attached hydrogens (tertiary/aromatic N) is 2. The summed E-state index contributed by atoms with van der Waals surface area (Å²) in [6.07, 6.45) is 6.15. The fourth-order valence-electron chi connectivity index (χ4n) is 3.07. The molecule has 0 aliphatic carbocycles. The normalized spacial score (nSPS) is 13.8. The molecule has 1 aliphatic rings. The first-order valence-electron chi connectivity index (χ1n) is 9.00. The van der Waals surface area contributed by atoms with E-state index < -0.39 is 0 Å². The van der Waals surface area contributed by atoms with Crippen molar-refractivity contribution in [2.75, 3.05) is 13.2 Å². The summed E-state index contributed by atoms with van der Waals surface area (Å²) in [5.41, 5.74) is 2.66. The second kappa shape index (κ2) is 7.85. The van der Waals surface area contributed by atoms with Gasteiger partial charge in [0.25, 0.3) is 0 Å². The third-order valence-electron chi connectivity index (χ3n) is 4.38. The maximum atomic E-state index is 12.3. The molecule has 0 spiro atoms. The van der Waals surface area contributed by atoms with Crippen LogP contribution in [0.25, 0.3) is 11.0 Å². The number of aromatic nitrogens is 2. The molecule has 1 N–H and O–H groups in total. The molecule has 1 aliphatic heterocycles. The van der Waals surface area contributed by atoms with E-state index in [1.54, 1.807) is 23.5 Å². The standard InChI is InChI=1S/C20H20ClN3O3S/c1-12-11-24-16(13(2)23-20(24)28-12)4-5-18(25)22-10-14-8-15(21)19-17(9-14)26-6-3-7-27-19/h4-5,8-9,11H,3,6-7,10H2,1-2H3,(H,22,25). The Morgan fingerprint density at radius 3 is 3.04 bits per heavy atom. The summed E-state index contributed by atoms with van der Waals surface area (Å²) in [5, 5.41) is 3.37. The zero-order valence-corrected chi connectivity index (χ0v) is 17.2.